The molecule has 3 rings (SSSR count). The summed E-state index contributed by atoms with van der Waals surface area (Å²) in [6, 6.07) is 8.69. The van der Waals surface area contributed by atoms with Crippen molar-refractivity contribution < 1.29 is 0 Å². The van der Waals surface area contributed by atoms with E-state index in [1.165, 1.54) is 24.9 Å². The van der Waals surface area contributed by atoms with Crippen molar-refractivity contribution in [1.29, 1.82) is 0 Å². The van der Waals surface area contributed by atoms with Crippen LogP contribution >= 0.6 is 11.6 Å². The molecule has 98 valence electrons. The summed E-state index contributed by atoms with van der Waals surface area (Å²) < 4.78 is 0. The molecule has 0 radical (unpaired) electrons. The smallest absolute Gasteiger partial charge is 0.0407 e. The van der Waals surface area contributed by atoms with Crippen molar-refractivity contribution >= 4 is 17.3 Å². The Morgan fingerprint density at radius 1 is 1.17 bits per heavy atom. The molecule has 2 fully saturated rings. The fraction of sp³-hybridized carbons (Fsp3) is 0.625. The lowest BCUT2D eigenvalue weighted by molar-refractivity contribution is 0.155. The molecule has 2 bridgehead atoms. The van der Waals surface area contributed by atoms with Crippen LogP contribution in [0, 0.1) is 16.7 Å². The summed E-state index contributed by atoms with van der Waals surface area (Å²) in [5.41, 5.74) is 2.06. The highest BCUT2D eigenvalue weighted by atomic mass is 35.5. The molecule has 3 atom stereocenters. The van der Waals surface area contributed by atoms with Crippen molar-refractivity contribution in [1.82, 2.24) is 0 Å². The molecule has 1 aromatic rings. The summed E-state index contributed by atoms with van der Waals surface area (Å²) in [6.45, 7) is 7.31. The predicted molar refractivity (Wildman–Crippen MR) is 78.1 cm³/mol. The Bertz CT molecular complexity index is 446. The van der Waals surface area contributed by atoms with Crippen LogP contribution in [0.3, 0.4) is 0 Å². The van der Waals surface area contributed by atoms with Gasteiger partial charge in [0.05, 0.1) is 0 Å². The van der Waals surface area contributed by atoms with Gasteiger partial charge in [0.2, 0.25) is 0 Å². The van der Waals surface area contributed by atoms with Gasteiger partial charge in [0, 0.05) is 16.8 Å². The second kappa shape index (κ2) is 3.90. The Morgan fingerprint density at radius 2 is 1.83 bits per heavy atom. The summed E-state index contributed by atoms with van der Waals surface area (Å²) in [5.74, 6) is 0.882. The van der Waals surface area contributed by atoms with Gasteiger partial charge in [-0.1, -0.05) is 32.4 Å². The van der Waals surface area contributed by atoms with Gasteiger partial charge in [-0.2, -0.15) is 0 Å². The highest BCUT2D eigenvalue weighted by Gasteiger charge is 2.59. The molecule has 1 N–H and O–H groups in total. The van der Waals surface area contributed by atoms with Crippen molar-refractivity contribution in [2.75, 3.05) is 5.32 Å². The SMILES string of the molecule is CC1(C)C(Nc2ccc(Cl)cc2)[C@]2(C)CC[C@H]1C2. The second-order valence-corrected chi connectivity index (χ2v) is 7.44. The molecule has 1 aromatic carbocycles. The molecule has 2 saturated carbocycles. The van der Waals surface area contributed by atoms with Gasteiger partial charge in [-0.25, -0.2) is 0 Å². The zero-order valence-corrected chi connectivity index (χ0v) is 12.2. The highest BCUT2D eigenvalue weighted by Crippen LogP contribution is 2.63. The van der Waals surface area contributed by atoms with Gasteiger partial charge in [0.25, 0.3) is 0 Å². The lowest BCUT2D eigenvalue weighted by Crippen LogP contribution is -2.45. The van der Waals surface area contributed by atoms with E-state index < -0.39 is 0 Å². The van der Waals surface area contributed by atoms with Gasteiger partial charge in [-0.15, -0.1) is 0 Å². The zero-order chi connectivity index (χ0) is 13.0. The summed E-state index contributed by atoms with van der Waals surface area (Å²) in [4.78, 5) is 0. The van der Waals surface area contributed by atoms with Crippen molar-refractivity contribution in [2.24, 2.45) is 16.7 Å². The van der Waals surface area contributed by atoms with Gasteiger partial charge in [-0.3, -0.25) is 0 Å². The number of nitrogens with one attached hydrogen (secondary N) is 1. The number of fused-ring (bicyclic) bond motifs is 2. The van der Waals surface area contributed by atoms with Gasteiger partial charge in [0.15, 0.2) is 0 Å². The van der Waals surface area contributed by atoms with E-state index in [0.717, 1.165) is 10.9 Å². The molecular weight excluding hydrogens is 242 g/mol. The van der Waals surface area contributed by atoms with Gasteiger partial charge in [-0.05, 0) is 60.3 Å². The quantitative estimate of drug-likeness (QED) is 0.795. The normalized spacial score (nSPS) is 36.9. The molecule has 0 aliphatic heterocycles. The summed E-state index contributed by atoms with van der Waals surface area (Å²) in [5, 5.41) is 4.58. The lowest BCUT2D eigenvalue weighted by Gasteiger charge is -2.43. The molecule has 2 aliphatic rings. The molecule has 0 aromatic heterocycles. The average Bonchev–Trinajstić information content (AvgIpc) is 2.78. The number of anilines is 1. The van der Waals surface area contributed by atoms with Crippen LogP contribution in [0.1, 0.15) is 40.0 Å². The minimum atomic E-state index is 0.395. The van der Waals surface area contributed by atoms with Crippen LogP contribution in [0.15, 0.2) is 24.3 Å². The largest absolute Gasteiger partial charge is 0.381 e. The second-order valence-electron chi connectivity index (χ2n) is 7.00. The fourth-order valence-corrected chi connectivity index (χ4v) is 4.50. The first-order chi connectivity index (χ1) is 8.42. The topological polar surface area (TPSA) is 12.0 Å². The standard InChI is InChI=1S/C16H22ClN/c1-15(2)11-8-9-16(3,10-11)14(15)18-13-6-4-12(17)5-7-13/h4-7,11,14,18H,8-10H2,1-3H3/t11-,14?,16+/m0/s1. The Morgan fingerprint density at radius 3 is 2.39 bits per heavy atom. The number of benzene rings is 1. The Hall–Kier alpha value is -0.690. The van der Waals surface area contributed by atoms with E-state index in [9.17, 15) is 0 Å². The van der Waals surface area contributed by atoms with Gasteiger partial charge in [0.1, 0.15) is 0 Å². The Labute approximate surface area is 115 Å². The van der Waals surface area contributed by atoms with E-state index in [0.29, 0.717) is 16.9 Å². The molecule has 0 amide bonds. The minimum Gasteiger partial charge on any atom is -0.381 e. The van der Waals surface area contributed by atoms with Crippen molar-refractivity contribution in [3.05, 3.63) is 29.3 Å². The van der Waals surface area contributed by atoms with Crippen molar-refractivity contribution in [2.45, 2.75) is 46.1 Å². The monoisotopic (exact) mass is 263 g/mol. The molecule has 2 aliphatic carbocycles. The van der Waals surface area contributed by atoms with Crippen molar-refractivity contribution in [3.63, 3.8) is 0 Å². The van der Waals surface area contributed by atoms with Crippen LogP contribution in [-0.4, -0.2) is 6.04 Å². The molecule has 0 saturated heterocycles. The summed E-state index contributed by atoms with van der Waals surface area (Å²) in [6.07, 6.45) is 4.15. The highest BCUT2D eigenvalue weighted by molar-refractivity contribution is 6.30. The van der Waals surface area contributed by atoms with Gasteiger partial charge >= 0.3 is 0 Å². The van der Waals surface area contributed by atoms with Crippen LogP contribution in [0.2, 0.25) is 5.02 Å². The minimum absolute atomic E-state index is 0.395. The van der Waals surface area contributed by atoms with E-state index in [2.05, 4.69) is 38.2 Å². The third-order valence-corrected chi connectivity index (χ3v) is 5.68. The molecule has 18 heavy (non-hydrogen) atoms. The first-order valence-electron chi connectivity index (χ1n) is 6.94. The first-order valence-corrected chi connectivity index (χ1v) is 7.32. The van der Waals surface area contributed by atoms with Crippen LogP contribution < -0.4 is 5.32 Å². The third kappa shape index (κ3) is 1.75. The van der Waals surface area contributed by atoms with Crippen LogP contribution in [0.5, 0.6) is 0 Å². The predicted octanol–water partition coefficient (Wildman–Crippen LogP) is 4.97. The van der Waals surface area contributed by atoms with E-state index >= 15 is 0 Å². The number of hydrogen-bond donors (Lipinski definition) is 1. The number of halogens is 1. The maximum atomic E-state index is 5.95. The van der Waals surface area contributed by atoms with E-state index in [4.69, 9.17) is 11.6 Å². The number of rotatable bonds is 2. The maximum Gasteiger partial charge on any atom is 0.0407 e. The lowest BCUT2D eigenvalue weighted by atomic mass is 9.68. The molecular formula is C16H22ClN. The third-order valence-electron chi connectivity index (χ3n) is 5.42. The molecule has 0 spiro atoms. The number of hydrogen-bond acceptors (Lipinski definition) is 1. The van der Waals surface area contributed by atoms with Crippen molar-refractivity contribution in [3.8, 4) is 0 Å². The zero-order valence-electron chi connectivity index (χ0n) is 11.5. The van der Waals surface area contributed by atoms with E-state index in [1.807, 2.05) is 12.1 Å². The maximum absolute atomic E-state index is 5.95. The van der Waals surface area contributed by atoms with Crippen LogP contribution in [-0.2, 0) is 0 Å². The summed E-state index contributed by atoms with van der Waals surface area (Å²) >= 11 is 5.95. The fourth-order valence-electron chi connectivity index (χ4n) is 4.38. The molecule has 2 heteroatoms. The summed E-state index contributed by atoms with van der Waals surface area (Å²) in [7, 11) is 0. The van der Waals surface area contributed by atoms with E-state index in [-0.39, 0.29) is 0 Å². The van der Waals surface area contributed by atoms with E-state index in [1.54, 1.807) is 0 Å². The first kappa shape index (κ1) is 12.3. The van der Waals surface area contributed by atoms with Crippen LogP contribution in [0.4, 0.5) is 5.69 Å². The van der Waals surface area contributed by atoms with Crippen LogP contribution in [0.25, 0.3) is 0 Å². The molecule has 0 heterocycles. The Balaban J connectivity index is 1.86. The molecule has 1 nitrogen and oxygen atoms in total. The van der Waals surface area contributed by atoms with Gasteiger partial charge < -0.3 is 5.32 Å². The Kier molecular flexibility index (Phi) is 2.68. The molecule has 1 unspecified atom stereocenters. The average molecular weight is 264 g/mol.